The highest BCUT2D eigenvalue weighted by atomic mass is 15.1. The number of rotatable bonds is 5. The summed E-state index contributed by atoms with van der Waals surface area (Å²) >= 11 is 0. The molecule has 0 fully saturated rings. The second kappa shape index (κ2) is 5.83. The molecule has 0 amide bonds. The molecule has 1 heterocycles. The number of imidazole rings is 1. The van der Waals surface area contributed by atoms with Gasteiger partial charge in [0.15, 0.2) is 0 Å². The number of nitrogens with one attached hydrogen (secondary N) is 1. The molecule has 0 unspecified atom stereocenters. The monoisotopic (exact) mass is 243 g/mol. The molecular formula is C15H21N3. The molecule has 2 rings (SSSR count). The lowest BCUT2D eigenvalue weighted by Gasteiger charge is -2.10. The molecule has 96 valence electrons. The van der Waals surface area contributed by atoms with E-state index in [-0.39, 0.29) is 0 Å². The molecule has 0 bridgehead atoms. The van der Waals surface area contributed by atoms with Gasteiger partial charge in [0.25, 0.3) is 0 Å². The lowest BCUT2D eigenvalue weighted by atomic mass is 10.2. The molecule has 0 spiro atoms. The number of nitrogens with zero attached hydrogens (tertiary/aromatic N) is 2. The van der Waals surface area contributed by atoms with Gasteiger partial charge in [-0.2, -0.15) is 0 Å². The van der Waals surface area contributed by atoms with E-state index >= 15 is 0 Å². The Kier molecular flexibility index (Phi) is 4.15. The summed E-state index contributed by atoms with van der Waals surface area (Å²) in [7, 11) is 0. The van der Waals surface area contributed by atoms with Crippen molar-refractivity contribution in [1.82, 2.24) is 14.9 Å². The summed E-state index contributed by atoms with van der Waals surface area (Å²) in [6.07, 6.45) is 4.82. The maximum absolute atomic E-state index is 4.34. The lowest BCUT2D eigenvalue weighted by molar-refractivity contribution is 0.589. The summed E-state index contributed by atoms with van der Waals surface area (Å²) in [4.78, 5) is 4.34. The van der Waals surface area contributed by atoms with Crippen LogP contribution < -0.4 is 5.32 Å². The first-order chi connectivity index (χ1) is 8.70. The van der Waals surface area contributed by atoms with Crippen LogP contribution in [0.3, 0.4) is 0 Å². The Labute approximate surface area is 109 Å². The van der Waals surface area contributed by atoms with E-state index in [1.54, 1.807) is 0 Å². The summed E-state index contributed by atoms with van der Waals surface area (Å²) in [5, 5.41) is 3.42. The summed E-state index contributed by atoms with van der Waals surface area (Å²) in [6, 6.07) is 9.16. The van der Waals surface area contributed by atoms with Gasteiger partial charge < -0.3 is 9.88 Å². The van der Waals surface area contributed by atoms with Gasteiger partial charge in [0.2, 0.25) is 0 Å². The number of hydrogen-bond acceptors (Lipinski definition) is 2. The minimum atomic E-state index is 0.519. The van der Waals surface area contributed by atoms with Crippen molar-refractivity contribution in [2.24, 2.45) is 0 Å². The molecule has 0 aliphatic rings. The van der Waals surface area contributed by atoms with Gasteiger partial charge in [0, 0.05) is 37.1 Å². The van der Waals surface area contributed by atoms with E-state index < -0.39 is 0 Å². The number of hydrogen-bond donors (Lipinski definition) is 1. The van der Waals surface area contributed by atoms with Crippen LogP contribution >= 0.6 is 0 Å². The van der Waals surface area contributed by atoms with E-state index in [9.17, 15) is 0 Å². The van der Waals surface area contributed by atoms with Crippen molar-refractivity contribution >= 4 is 0 Å². The Balaban J connectivity index is 2.12. The molecule has 0 saturated heterocycles. The van der Waals surface area contributed by atoms with Crippen molar-refractivity contribution in [2.45, 2.75) is 39.8 Å². The summed E-state index contributed by atoms with van der Waals surface area (Å²) in [5.41, 5.74) is 2.49. The largest absolute Gasteiger partial charge is 0.310 e. The van der Waals surface area contributed by atoms with Crippen molar-refractivity contribution < 1.29 is 0 Å². The minimum Gasteiger partial charge on any atom is -0.310 e. The van der Waals surface area contributed by atoms with Crippen LogP contribution in [0.15, 0.2) is 36.7 Å². The molecule has 0 radical (unpaired) electrons. The summed E-state index contributed by atoms with van der Waals surface area (Å²) < 4.78 is 2.14. The maximum Gasteiger partial charge on any atom is 0.112 e. The molecule has 18 heavy (non-hydrogen) atoms. The highest BCUT2D eigenvalue weighted by Gasteiger charge is 2.02. The van der Waals surface area contributed by atoms with Crippen LogP contribution in [0.5, 0.6) is 0 Å². The standard InChI is InChI=1S/C15H21N3/c1-4-15-16-9-10-18(15)14-7-5-13(6-8-14)11-17-12(2)3/h5-10,12,17H,4,11H2,1-3H3. The smallest absolute Gasteiger partial charge is 0.112 e. The van der Waals surface area contributed by atoms with E-state index in [0.717, 1.165) is 18.8 Å². The predicted octanol–water partition coefficient (Wildman–Crippen LogP) is 2.93. The van der Waals surface area contributed by atoms with Gasteiger partial charge in [-0.25, -0.2) is 4.98 Å². The van der Waals surface area contributed by atoms with Crippen LogP contribution in [-0.4, -0.2) is 15.6 Å². The summed E-state index contributed by atoms with van der Waals surface area (Å²) in [5.74, 6) is 1.10. The minimum absolute atomic E-state index is 0.519. The van der Waals surface area contributed by atoms with Gasteiger partial charge in [-0.1, -0.05) is 32.9 Å². The average molecular weight is 243 g/mol. The average Bonchev–Trinajstić information content (AvgIpc) is 2.85. The molecule has 0 atom stereocenters. The zero-order valence-electron chi connectivity index (χ0n) is 11.4. The van der Waals surface area contributed by atoms with Crippen LogP contribution in [0, 0.1) is 0 Å². The van der Waals surface area contributed by atoms with Crippen LogP contribution in [-0.2, 0) is 13.0 Å². The van der Waals surface area contributed by atoms with Crippen LogP contribution in [0.1, 0.15) is 32.2 Å². The quantitative estimate of drug-likeness (QED) is 0.875. The van der Waals surface area contributed by atoms with E-state index in [1.807, 2.05) is 12.4 Å². The Bertz CT molecular complexity index is 483. The fourth-order valence-corrected chi connectivity index (χ4v) is 1.93. The first-order valence-corrected chi connectivity index (χ1v) is 6.55. The first-order valence-electron chi connectivity index (χ1n) is 6.55. The van der Waals surface area contributed by atoms with Crippen LogP contribution in [0.2, 0.25) is 0 Å². The fourth-order valence-electron chi connectivity index (χ4n) is 1.93. The highest BCUT2D eigenvalue weighted by Crippen LogP contribution is 2.12. The predicted molar refractivity (Wildman–Crippen MR) is 74.9 cm³/mol. The molecular weight excluding hydrogens is 222 g/mol. The van der Waals surface area contributed by atoms with Gasteiger partial charge in [-0.05, 0) is 17.7 Å². The van der Waals surface area contributed by atoms with Crippen LogP contribution in [0.25, 0.3) is 5.69 Å². The van der Waals surface area contributed by atoms with Crippen molar-refractivity contribution in [1.29, 1.82) is 0 Å². The second-order valence-electron chi connectivity index (χ2n) is 4.77. The normalized spacial score (nSPS) is 11.1. The molecule has 1 aromatic heterocycles. The third-order valence-electron chi connectivity index (χ3n) is 2.96. The van der Waals surface area contributed by atoms with E-state index in [0.29, 0.717) is 6.04 Å². The van der Waals surface area contributed by atoms with Crippen molar-refractivity contribution in [3.05, 3.63) is 48.0 Å². The second-order valence-corrected chi connectivity index (χ2v) is 4.77. The van der Waals surface area contributed by atoms with E-state index in [1.165, 1.54) is 11.3 Å². The SMILES string of the molecule is CCc1nccn1-c1ccc(CNC(C)C)cc1. The van der Waals surface area contributed by atoms with Gasteiger partial charge in [-0.3, -0.25) is 0 Å². The third kappa shape index (κ3) is 2.99. The van der Waals surface area contributed by atoms with E-state index in [4.69, 9.17) is 0 Å². The van der Waals surface area contributed by atoms with Gasteiger partial charge in [-0.15, -0.1) is 0 Å². The van der Waals surface area contributed by atoms with Gasteiger partial charge in [0.05, 0.1) is 0 Å². The molecule has 3 heteroatoms. The number of aryl methyl sites for hydroxylation is 1. The van der Waals surface area contributed by atoms with Crippen molar-refractivity contribution in [3.8, 4) is 5.69 Å². The molecule has 0 saturated carbocycles. The first kappa shape index (κ1) is 12.8. The fraction of sp³-hybridized carbons (Fsp3) is 0.400. The topological polar surface area (TPSA) is 29.9 Å². The molecule has 0 aliphatic carbocycles. The Morgan fingerprint density at radius 2 is 1.94 bits per heavy atom. The zero-order valence-corrected chi connectivity index (χ0v) is 11.4. The van der Waals surface area contributed by atoms with Gasteiger partial charge >= 0.3 is 0 Å². The van der Waals surface area contributed by atoms with Crippen molar-refractivity contribution in [3.63, 3.8) is 0 Å². The van der Waals surface area contributed by atoms with Crippen LogP contribution in [0.4, 0.5) is 0 Å². The lowest BCUT2D eigenvalue weighted by Crippen LogP contribution is -2.21. The van der Waals surface area contributed by atoms with E-state index in [2.05, 4.69) is 59.9 Å². The maximum atomic E-state index is 4.34. The van der Waals surface area contributed by atoms with Gasteiger partial charge in [0.1, 0.15) is 5.82 Å². The Hall–Kier alpha value is -1.61. The summed E-state index contributed by atoms with van der Waals surface area (Å²) in [6.45, 7) is 7.36. The molecule has 1 aromatic carbocycles. The third-order valence-corrected chi connectivity index (χ3v) is 2.96. The molecule has 3 nitrogen and oxygen atoms in total. The Morgan fingerprint density at radius 3 is 2.56 bits per heavy atom. The molecule has 0 aliphatic heterocycles. The van der Waals surface area contributed by atoms with Crippen molar-refractivity contribution in [2.75, 3.05) is 0 Å². The Morgan fingerprint density at radius 1 is 1.22 bits per heavy atom. The molecule has 2 aromatic rings. The highest BCUT2D eigenvalue weighted by molar-refractivity contribution is 5.36. The zero-order chi connectivity index (χ0) is 13.0. The number of aromatic nitrogens is 2. The molecule has 1 N–H and O–H groups in total. The number of benzene rings is 1.